The van der Waals surface area contributed by atoms with Crippen molar-refractivity contribution in [3.63, 3.8) is 0 Å². The summed E-state index contributed by atoms with van der Waals surface area (Å²) >= 11 is 0. The molecule has 10 nitrogen and oxygen atoms in total. The van der Waals surface area contributed by atoms with Crippen LogP contribution in [0.15, 0.2) is 5.29 Å². The van der Waals surface area contributed by atoms with Crippen molar-refractivity contribution >= 4 is 6.03 Å². The fourth-order valence-corrected chi connectivity index (χ4v) is 1.53. The summed E-state index contributed by atoms with van der Waals surface area (Å²) in [6, 6.07) is -2.33. The van der Waals surface area contributed by atoms with E-state index in [-0.39, 0.29) is 0 Å². The van der Waals surface area contributed by atoms with E-state index in [0.717, 1.165) is 7.05 Å². The number of carbonyl (C=O) groups excluding carboxylic acids is 1. The molecular weight excluding hydrogens is 250 g/mol. The van der Waals surface area contributed by atoms with Crippen LogP contribution in [-0.2, 0) is 4.74 Å². The zero-order chi connectivity index (χ0) is 13.9. The van der Waals surface area contributed by atoms with Crippen molar-refractivity contribution in [2.24, 2.45) is 5.29 Å². The Morgan fingerprint density at radius 2 is 2.00 bits per heavy atom. The Balaban J connectivity index is 2.71. The molecule has 1 aliphatic heterocycles. The summed E-state index contributed by atoms with van der Waals surface area (Å²) in [6.07, 6.45) is -5.84. The van der Waals surface area contributed by atoms with Crippen LogP contribution in [0.3, 0.4) is 0 Å². The number of amides is 2. The predicted octanol–water partition coefficient (Wildman–Crippen LogP) is -2.89. The van der Waals surface area contributed by atoms with Gasteiger partial charge in [0, 0.05) is 7.05 Å². The molecule has 0 radical (unpaired) electrons. The number of nitrogens with one attached hydrogen (secondary N) is 1. The summed E-state index contributed by atoms with van der Waals surface area (Å²) < 4.78 is 4.80. The number of aliphatic hydroxyl groups excluding tert-OH is 4. The smallest absolute Gasteiger partial charge is 0.340 e. The predicted molar refractivity (Wildman–Crippen MR) is 55.9 cm³/mol. The number of carbonyl (C=O) groups is 1. The first kappa shape index (κ1) is 14.7. The second kappa shape index (κ2) is 6.02. The van der Waals surface area contributed by atoms with Gasteiger partial charge in [0.15, 0.2) is 6.29 Å². The summed E-state index contributed by atoms with van der Waals surface area (Å²) in [6.45, 7) is -0.605. The third kappa shape index (κ3) is 2.91. The van der Waals surface area contributed by atoms with Gasteiger partial charge >= 0.3 is 6.03 Å². The quantitative estimate of drug-likeness (QED) is 0.271. The van der Waals surface area contributed by atoms with E-state index in [1.54, 1.807) is 0 Å². The molecule has 1 heterocycles. The van der Waals surface area contributed by atoms with Gasteiger partial charge in [-0.3, -0.25) is 0 Å². The first-order valence-corrected chi connectivity index (χ1v) is 5.10. The Hall–Kier alpha value is -1.33. The molecule has 1 aliphatic rings. The minimum Gasteiger partial charge on any atom is -0.394 e. The number of rotatable bonds is 3. The highest BCUT2D eigenvalue weighted by Crippen LogP contribution is 2.19. The van der Waals surface area contributed by atoms with Gasteiger partial charge in [-0.1, -0.05) is 0 Å². The summed E-state index contributed by atoms with van der Waals surface area (Å²) in [5.74, 6) is 0. The topological polar surface area (TPSA) is 152 Å². The lowest BCUT2D eigenvalue weighted by Gasteiger charge is -2.40. The number of aliphatic hydroxyl groups is 4. The fourth-order valence-electron chi connectivity index (χ4n) is 1.53. The van der Waals surface area contributed by atoms with Gasteiger partial charge in [-0.2, -0.15) is 5.01 Å². The average Bonchev–Trinajstić information content (AvgIpc) is 2.37. The van der Waals surface area contributed by atoms with Crippen LogP contribution in [0.2, 0.25) is 0 Å². The molecule has 0 bridgehead atoms. The van der Waals surface area contributed by atoms with Crippen LogP contribution < -0.4 is 5.32 Å². The monoisotopic (exact) mass is 265 g/mol. The van der Waals surface area contributed by atoms with Crippen LogP contribution in [0.5, 0.6) is 0 Å². The molecular formula is C8H15N3O7. The molecule has 0 unspecified atom stereocenters. The van der Waals surface area contributed by atoms with Crippen molar-refractivity contribution in [3.8, 4) is 0 Å². The van der Waals surface area contributed by atoms with Gasteiger partial charge in [0.1, 0.15) is 24.4 Å². The van der Waals surface area contributed by atoms with E-state index in [4.69, 9.17) is 9.84 Å². The van der Waals surface area contributed by atoms with E-state index in [9.17, 15) is 25.0 Å². The van der Waals surface area contributed by atoms with Crippen LogP contribution in [0.1, 0.15) is 0 Å². The van der Waals surface area contributed by atoms with E-state index < -0.39 is 43.3 Å². The average molecular weight is 265 g/mol. The van der Waals surface area contributed by atoms with Gasteiger partial charge < -0.3 is 30.5 Å². The van der Waals surface area contributed by atoms with Gasteiger partial charge in [0.2, 0.25) is 0 Å². The molecule has 10 heteroatoms. The molecule has 0 aliphatic carbocycles. The number of nitrogens with zero attached hydrogens (tertiary/aromatic N) is 2. The lowest BCUT2D eigenvalue weighted by molar-refractivity contribution is -0.252. The lowest BCUT2D eigenvalue weighted by atomic mass is 9.97. The second-order valence-corrected chi connectivity index (χ2v) is 3.81. The zero-order valence-corrected chi connectivity index (χ0v) is 9.50. The highest BCUT2D eigenvalue weighted by atomic mass is 16.6. The number of urea groups is 1. The van der Waals surface area contributed by atoms with Crippen molar-refractivity contribution in [3.05, 3.63) is 4.91 Å². The molecule has 1 saturated heterocycles. The number of hydrogen-bond acceptors (Lipinski definition) is 8. The standard InChI is InChI=1S/C8H15N3O7/c1-11(10-17)8(16)9-4-6(14)5(13)3(2-12)18-7(4)15/h3-7,12-15H,2H2,1H3,(H,9,16)/t3-,4-,5+,6-,7-/m0/s1. The van der Waals surface area contributed by atoms with Crippen LogP contribution in [-0.4, -0.2) is 75.8 Å². The largest absolute Gasteiger partial charge is 0.394 e. The summed E-state index contributed by atoms with van der Waals surface area (Å²) in [5, 5.41) is 42.4. The molecule has 0 aromatic carbocycles. The third-order valence-corrected chi connectivity index (χ3v) is 2.61. The van der Waals surface area contributed by atoms with Crippen molar-refractivity contribution < 1.29 is 30.0 Å². The van der Waals surface area contributed by atoms with Crippen LogP contribution >= 0.6 is 0 Å². The number of nitroso groups, excluding NO2 is 1. The molecule has 0 aromatic rings. The van der Waals surface area contributed by atoms with Crippen LogP contribution in [0, 0.1) is 4.91 Å². The molecule has 0 saturated carbocycles. The van der Waals surface area contributed by atoms with E-state index in [1.807, 2.05) is 0 Å². The maximum atomic E-state index is 11.3. The number of hydrogen-bond donors (Lipinski definition) is 5. The molecule has 1 fully saturated rings. The number of ether oxygens (including phenoxy) is 1. The van der Waals surface area contributed by atoms with E-state index in [2.05, 4.69) is 10.6 Å². The minimum absolute atomic E-state index is 0.407. The van der Waals surface area contributed by atoms with Crippen LogP contribution in [0.4, 0.5) is 4.79 Å². The molecule has 5 atom stereocenters. The highest BCUT2D eigenvalue weighted by molar-refractivity contribution is 5.73. The van der Waals surface area contributed by atoms with Crippen molar-refractivity contribution in [1.29, 1.82) is 0 Å². The Morgan fingerprint density at radius 1 is 1.39 bits per heavy atom. The summed E-state index contributed by atoms with van der Waals surface area (Å²) in [5.41, 5.74) is 0. The van der Waals surface area contributed by atoms with Gasteiger partial charge in [-0.05, 0) is 0 Å². The third-order valence-electron chi connectivity index (χ3n) is 2.61. The molecule has 0 aromatic heterocycles. The summed E-state index contributed by atoms with van der Waals surface area (Å²) in [4.78, 5) is 21.4. The lowest BCUT2D eigenvalue weighted by Crippen LogP contribution is -2.64. The second-order valence-electron chi connectivity index (χ2n) is 3.81. The molecule has 1 rings (SSSR count). The van der Waals surface area contributed by atoms with Crippen molar-refractivity contribution in [2.45, 2.75) is 30.6 Å². The Morgan fingerprint density at radius 3 is 2.50 bits per heavy atom. The van der Waals surface area contributed by atoms with Gasteiger partial charge in [-0.25, -0.2) is 4.79 Å². The van der Waals surface area contributed by atoms with Crippen molar-refractivity contribution in [2.75, 3.05) is 13.7 Å². The Labute approximate surface area is 102 Å². The van der Waals surface area contributed by atoms with Gasteiger partial charge in [0.05, 0.1) is 11.9 Å². The van der Waals surface area contributed by atoms with Gasteiger partial charge in [0.25, 0.3) is 0 Å². The Kier molecular flexibility index (Phi) is 4.93. The highest BCUT2D eigenvalue weighted by Gasteiger charge is 2.44. The maximum absolute atomic E-state index is 11.3. The Bertz CT molecular complexity index is 315. The molecule has 0 spiro atoms. The first-order chi connectivity index (χ1) is 8.42. The fraction of sp³-hybridized carbons (Fsp3) is 0.875. The normalized spacial score (nSPS) is 35.9. The zero-order valence-electron chi connectivity index (χ0n) is 9.50. The van der Waals surface area contributed by atoms with E-state index >= 15 is 0 Å². The van der Waals surface area contributed by atoms with Crippen molar-refractivity contribution in [1.82, 2.24) is 10.3 Å². The first-order valence-electron chi connectivity index (χ1n) is 5.10. The maximum Gasteiger partial charge on any atom is 0.340 e. The molecule has 104 valence electrons. The molecule has 5 N–H and O–H groups in total. The molecule has 2 amide bonds. The summed E-state index contributed by atoms with van der Waals surface area (Å²) in [7, 11) is 1.07. The van der Waals surface area contributed by atoms with E-state index in [1.165, 1.54) is 0 Å². The van der Waals surface area contributed by atoms with Gasteiger partial charge in [-0.15, -0.1) is 4.91 Å². The van der Waals surface area contributed by atoms with E-state index in [0.29, 0.717) is 5.01 Å². The van der Waals surface area contributed by atoms with Crippen LogP contribution in [0.25, 0.3) is 0 Å². The minimum atomic E-state index is -1.63. The molecule has 18 heavy (non-hydrogen) atoms. The SMILES string of the molecule is CN(N=O)C(=O)N[C@H]1[C@H](O)[C@H](O)[C@H](CO)O[C@@H]1O.